The molecule has 1 aliphatic heterocycles. The number of anilines is 1. The number of aromatic nitrogens is 3. The topological polar surface area (TPSA) is 102 Å². The molecule has 0 fully saturated rings. The number of amides is 1. The second-order valence-electron chi connectivity index (χ2n) is 7.07. The molecule has 8 nitrogen and oxygen atoms in total. The minimum Gasteiger partial charge on any atom is -0.454 e. The van der Waals surface area contributed by atoms with Crippen molar-refractivity contribution in [2.24, 2.45) is 0 Å². The lowest BCUT2D eigenvalue weighted by atomic mass is 10.2. The predicted molar refractivity (Wildman–Crippen MR) is 123 cm³/mol. The number of nitriles is 1. The van der Waals surface area contributed by atoms with Crippen LogP contribution in [0.15, 0.2) is 78.0 Å². The van der Waals surface area contributed by atoms with Crippen molar-refractivity contribution in [1.29, 1.82) is 5.26 Å². The van der Waals surface area contributed by atoms with Gasteiger partial charge in [0, 0.05) is 16.9 Å². The van der Waals surface area contributed by atoms with Crippen molar-refractivity contribution in [3.8, 4) is 34.6 Å². The van der Waals surface area contributed by atoms with E-state index in [1.807, 2.05) is 53.1 Å². The number of thioether (sulfide) groups is 1. The Kier molecular flexibility index (Phi) is 5.66. The Balaban J connectivity index is 1.41. The Morgan fingerprint density at radius 2 is 1.88 bits per heavy atom. The van der Waals surface area contributed by atoms with Crippen LogP contribution in [0.1, 0.15) is 5.56 Å². The molecule has 0 saturated carbocycles. The SMILES string of the molecule is N#Cc1cccc(NC(=O)CSc2nnc(-c3ccc4c(c3)OCO4)n2-c2ccccc2)c1. The molecule has 1 N–H and O–H groups in total. The molecular formula is C24H17N5O3S. The van der Waals surface area contributed by atoms with Crippen molar-refractivity contribution in [1.82, 2.24) is 14.8 Å². The van der Waals surface area contributed by atoms with Gasteiger partial charge < -0.3 is 14.8 Å². The molecule has 0 radical (unpaired) electrons. The van der Waals surface area contributed by atoms with Crippen LogP contribution in [0.3, 0.4) is 0 Å². The quantitative estimate of drug-likeness (QED) is 0.433. The summed E-state index contributed by atoms with van der Waals surface area (Å²) < 4.78 is 12.8. The summed E-state index contributed by atoms with van der Waals surface area (Å²) in [6.07, 6.45) is 0. The summed E-state index contributed by atoms with van der Waals surface area (Å²) in [6, 6.07) is 24.2. The van der Waals surface area contributed by atoms with Crippen LogP contribution in [0.2, 0.25) is 0 Å². The number of hydrogen-bond donors (Lipinski definition) is 1. The van der Waals surface area contributed by atoms with Crippen LogP contribution in [-0.2, 0) is 4.79 Å². The number of carbonyl (C=O) groups is 1. The van der Waals surface area contributed by atoms with Gasteiger partial charge in [0.15, 0.2) is 22.5 Å². The predicted octanol–water partition coefficient (Wildman–Crippen LogP) is 4.27. The van der Waals surface area contributed by atoms with Gasteiger partial charge in [-0.1, -0.05) is 36.0 Å². The fourth-order valence-electron chi connectivity index (χ4n) is 3.39. The van der Waals surface area contributed by atoms with Gasteiger partial charge in [0.25, 0.3) is 0 Å². The van der Waals surface area contributed by atoms with Gasteiger partial charge in [0.2, 0.25) is 12.7 Å². The molecule has 162 valence electrons. The molecular weight excluding hydrogens is 438 g/mol. The van der Waals surface area contributed by atoms with Gasteiger partial charge in [0.05, 0.1) is 17.4 Å². The lowest BCUT2D eigenvalue weighted by molar-refractivity contribution is -0.113. The third kappa shape index (κ3) is 4.37. The first kappa shape index (κ1) is 20.6. The largest absolute Gasteiger partial charge is 0.454 e. The maximum Gasteiger partial charge on any atom is 0.234 e. The van der Waals surface area contributed by atoms with Crippen LogP contribution in [0, 0.1) is 11.3 Å². The third-order valence-electron chi connectivity index (χ3n) is 4.89. The molecule has 0 aliphatic carbocycles. The Morgan fingerprint density at radius 1 is 1.03 bits per heavy atom. The van der Waals surface area contributed by atoms with E-state index in [2.05, 4.69) is 21.6 Å². The van der Waals surface area contributed by atoms with Crippen LogP contribution < -0.4 is 14.8 Å². The highest BCUT2D eigenvalue weighted by Crippen LogP contribution is 2.37. The number of nitrogens with one attached hydrogen (secondary N) is 1. The molecule has 9 heteroatoms. The summed E-state index contributed by atoms with van der Waals surface area (Å²) in [6.45, 7) is 0.192. The maximum absolute atomic E-state index is 12.5. The van der Waals surface area contributed by atoms with Crippen molar-refractivity contribution in [2.75, 3.05) is 17.9 Å². The van der Waals surface area contributed by atoms with Crippen LogP contribution in [-0.4, -0.2) is 33.2 Å². The highest BCUT2D eigenvalue weighted by atomic mass is 32.2. The molecule has 1 amide bonds. The number of carbonyl (C=O) groups excluding carboxylic acids is 1. The number of hydrogen-bond acceptors (Lipinski definition) is 7. The van der Waals surface area contributed by atoms with Gasteiger partial charge in [-0.05, 0) is 48.5 Å². The van der Waals surface area contributed by atoms with Gasteiger partial charge in [0.1, 0.15) is 0 Å². The summed E-state index contributed by atoms with van der Waals surface area (Å²) in [4.78, 5) is 12.5. The Bertz CT molecular complexity index is 1360. The number of ether oxygens (including phenoxy) is 2. The summed E-state index contributed by atoms with van der Waals surface area (Å²) in [5, 5.41) is 21.2. The first-order chi connectivity index (χ1) is 16.2. The fraction of sp³-hybridized carbons (Fsp3) is 0.0833. The summed E-state index contributed by atoms with van der Waals surface area (Å²) in [5.74, 6) is 1.90. The summed E-state index contributed by atoms with van der Waals surface area (Å²) in [7, 11) is 0. The molecule has 0 spiro atoms. The second-order valence-corrected chi connectivity index (χ2v) is 8.02. The zero-order valence-electron chi connectivity index (χ0n) is 17.3. The molecule has 4 aromatic rings. The lowest BCUT2D eigenvalue weighted by Crippen LogP contribution is -2.14. The van der Waals surface area contributed by atoms with E-state index in [4.69, 9.17) is 14.7 Å². The molecule has 0 atom stereocenters. The van der Waals surface area contributed by atoms with Crippen LogP contribution in [0.25, 0.3) is 17.1 Å². The first-order valence-electron chi connectivity index (χ1n) is 10.0. The van der Waals surface area contributed by atoms with Crippen molar-refractivity contribution in [2.45, 2.75) is 5.16 Å². The van der Waals surface area contributed by atoms with E-state index < -0.39 is 0 Å². The van der Waals surface area contributed by atoms with Crippen molar-refractivity contribution < 1.29 is 14.3 Å². The number of rotatable bonds is 6. The minimum absolute atomic E-state index is 0.128. The number of nitrogens with zero attached hydrogens (tertiary/aromatic N) is 4. The maximum atomic E-state index is 12.5. The van der Waals surface area contributed by atoms with Crippen molar-refractivity contribution >= 4 is 23.4 Å². The van der Waals surface area contributed by atoms with E-state index >= 15 is 0 Å². The van der Waals surface area contributed by atoms with Gasteiger partial charge in [-0.2, -0.15) is 5.26 Å². The molecule has 1 aromatic heterocycles. The fourth-order valence-corrected chi connectivity index (χ4v) is 4.14. The van der Waals surface area contributed by atoms with Crippen LogP contribution in [0.4, 0.5) is 5.69 Å². The Morgan fingerprint density at radius 3 is 2.73 bits per heavy atom. The Labute approximate surface area is 193 Å². The highest BCUT2D eigenvalue weighted by molar-refractivity contribution is 7.99. The number of benzene rings is 3. The van der Waals surface area contributed by atoms with E-state index in [0.29, 0.717) is 33.7 Å². The Hall–Kier alpha value is -4.29. The van der Waals surface area contributed by atoms with Gasteiger partial charge >= 0.3 is 0 Å². The van der Waals surface area contributed by atoms with Gasteiger partial charge in [-0.15, -0.1) is 10.2 Å². The number of para-hydroxylation sites is 1. The molecule has 3 aromatic carbocycles. The van der Waals surface area contributed by atoms with Gasteiger partial charge in [-0.25, -0.2) is 0 Å². The minimum atomic E-state index is -0.206. The van der Waals surface area contributed by atoms with E-state index in [1.54, 1.807) is 24.3 Å². The highest BCUT2D eigenvalue weighted by Gasteiger charge is 2.20. The molecule has 1 aliphatic rings. The normalized spacial score (nSPS) is 11.7. The zero-order valence-corrected chi connectivity index (χ0v) is 18.1. The third-order valence-corrected chi connectivity index (χ3v) is 5.82. The zero-order chi connectivity index (χ0) is 22.6. The standard InChI is InChI=1S/C24H17N5O3S/c25-13-16-5-4-6-18(11-16)26-22(30)14-33-24-28-27-23(29(24)19-7-2-1-3-8-19)17-9-10-20-21(12-17)32-15-31-20/h1-12H,14-15H2,(H,26,30). The van der Waals surface area contributed by atoms with E-state index in [0.717, 1.165) is 11.3 Å². The summed E-state index contributed by atoms with van der Waals surface area (Å²) >= 11 is 1.28. The van der Waals surface area contributed by atoms with Crippen molar-refractivity contribution in [3.63, 3.8) is 0 Å². The average Bonchev–Trinajstić information content (AvgIpc) is 3.50. The average molecular weight is 455 g/mol. The lowest BCUT2D eigenvalue weighted by Gasteiger charge is -2.11. The van der Waals surface area contributed by atoms with Crippen LogP contribution >= 0.6 is 11.8 Å². The second kappa shape index (κ2) is 9.06. The van der Waals surface area contributed by atoms with Crippen molar-refractivity contribution in [3.05, 3.63) is 78.4 Å². The molecule has 33 heavy (non-hydrogen) atoms. The van der Waals surface area contributed by atoms with E-state index in [-0.39, 0.29) is 18.5 Å². The molecule has 2 heterocycles. The molecule has 0 unspecified atom stereocenters. The van der Waals surface area contributed by atoms with Crippen LogP contribution in [0.5, 0.6) is 11.5 Å². The van der Waals surface area contributed by atoms with E-state index in [9.17, 15) is 4.79 Å². The first-order valence-corrected chi connectivity index (χ1v) is 11.0. The molecule has 5 rings (SSSR count). The monoisotopic (exact) mass is 455 g/mol. The number of fused-ring (bicyclic) bond motifs is 1. The molecule has 0 saturated heterocycles. The molecule has 0 bridgehead atoms. The smallest absolute Gasteiger partial charge is 0.234 e. The van der Waals surface area contributed by atoms with E-state index in [1.165, 1.54) is 11.8 Å². The van der Waals surface area contributed by atoms with Gasteiger partial charge in [-0.3, -0.25) is 9.36 Å². The summed E-state index contributed by atoms with van der Waals surface area (Å²) in [5.41, 5.74) is 2.75.